The highest BCUT2D eigenvalue weighted by molar-refractivity contribution is 7.80. The Morgan fingerprint density at radius 2 is 1.85 bits per heavy atom. The van der Waals surface area contributed by atoms with Gasteiger partial charge >= 0.3 is 0 Å². The minimum atomic E-state index is 0.481. The van der Waals surface area contributed by atoms with E-state index in [1.807, 2.05) is 6.92 Å². The van der Waals surface area contributed by atoms with Gasteiger partial charge in [-0.25, -0.2) is 0 Å². The first-order chi connectivity index (χ1) is 6.06. The SMILES string of the molecule is CCNC(=S)NC(C)CCC(C)C. The Morgan fingerprint density at radius 3 is 2.31 bits per heavy atom. The molecule has 0 aromatic heterocycles. The van der Waals surface area contributed by atoms with Crippen LogP contribution in [0.25, 0.3) is 0 Å². The van der Waals surface area contributed by atoms with Crippen LogP contribution in [0.4, 0.5) is 0 Å². The molecule has 0 aromatic rings. The molecule has 2 N–H and O–H groups in total. The largest absolute Gasteiger partial charge is 0.363 e. The average molecular weight is 202 g/mol. The van der Waals surface area contributed by atoms with Gasteiger partial charge in [0, 0.05) is 12.6 Å². The molecular weight excluding hydrogens is 180 g/mol. The highest BCUT2D eigenvalue weighted by atomic mass is 32.1. The normalized spacial score (nSPS) is 12.7. The van der Waals surface area contributed by atoms with Crippen molar-refractivity contribution >= 4 is 17.3 Å². The van der Waals surface area contributed by atoms with Crippen molar-refractivity contribution in [3.05, 3.63) is 0 Å². The predicted octanol–water partition coefficient (Wildman–Crippen LogP) is 2.30. The van der Waals surface area contributed by atoms with E-state index in [2.05, 4.69) is 31.4 Å². The summed E-state index contributed by atoms with van der Waals surface area (Å²) in [5, 5.41) is 7.12. The molecule has 13 heavy (non-hydrogen) atoms. The molecule has 0 aliphatic carbocycles. The molecule has 3 heteroatoms. The molecule has 0 aliphatic heterocycles. The second-order valence-electron chi connectivity index (χ2n) is 3.88. The van der Waals surface area contributed by atoms with Gasteiger partial charge in [-0.2, -0.15) is 0 Å². The van der Waals surface area contributed by atoms with Gasteiger partial charge in [0.1, 0.15) is 0 Å². The van der Waals surface area contributed by atoms with Gasteiger partial charge in [-0.05, 0) is 44.8 Å². The maximum atomic E-state index is 5.09. The quantitative estimate of drug-likeness (QED) is 0.669. The third-order valence-electron chi connectivity index (χ3n) is 1.89. The number of hydrogen-bond acceptors (Lipinski definition) is 1. The van der Waals surface area contributed by atoms with Crippen molar-refractivity contribution in [1.82, 2.24) is 10.6 Å². The monoisotopic (exact) mass is 202 g/mol. The first kappa shape index (κ1) is 12.7. The molecular formula is C10H22N2S. The summed E-state index contributed by atoms with van der Waals surface area (Å²) in [4.78, 5) is 0. The van der Waals surface area contributed by atoms with Gasteiger partial charge in [-0.1, -0.05) is 13.8 Å². The summed E-state index contributed by atoms with van der Waals surface area (Å²) < 4.78 is 0. The van der Waals surface area contributed by atoms with Crippen molar-refractivity contribution in [2.45, 2.75) is 46.6 Å². The van der Waals surface area contributed by atoms with Crippen LogP contribution in [0.15, 0.2) is 0 Å². The van der Waals surface area contributed by atoms with E-state index < -0.39 is 0 Å². The molecule has 0 amide bonds. The fraction of sp³-hybridized carbons (Fsp3) is 0.900. The summed E-state index contributed by atoms with van der Waals surface area (Å²) in [6, 6.07) is 0.481. The van der Waals surface area contributed by atoms with Crippen molar-refractivity contribution < 1.29 is 0 Å². The highest BCUT2D eigenvalue weighted by Crippen LogP contribution is 2.05. The van der Waals surface area contributed by atoms with Crippen LogP contribution in [0, 0.1) is 5.92 Å². The molecule has 0 heterocycles. The second kappa shape index (κ2) is 7.13. The summed E-state index contributed by atoms with van der Waals surface area (Å²) in [5.74, 6) is 0.775. The fourth-order valence-electron chi connectivity index (χ4n) is 1.09. The summed E-state index contributed by atoms with van der Waals surface area (Å²) in [6.07, 6.45) is 2.44. The molecule has 2 nitrogen and oxygen atoms in total. The number of rotatable bonds is 5. The fourth-order valence-corrected chi connectivity index (χ4v) is 1.44. The van der Waals surface area contributed by atoms with E-state index in [4.69, 9.17) is 12.2 Å². The van der Waals surface area contributed by atoms with E-state index in [0.29, 0.717) is 6.04 Å². The molecule has 78 valence electrons. The van der Waals surface area contributed by atoms with E-state index in [9.17, 15) is 0 Å². The number of hydrogen-bond donors (Lipinski definition) is 2. The first-order valence-corrected chi connectivity index (χ1v) is 5.51. The smallest absolute Gasteiger partial charge is 0.166 e. The second-order valence-corrected chi connectivity index (χ2v) is 4.28. The van der Waals surface area contributed by atoms with Gasteiger partial charge in [0.25, 0.3) is 0 Å². The van der Waals surface area contributed by atoms with Crippen LogP contribution in [0.1, 0.15) is 40.5 Å². The van der Waals surface area contributed by atoms with Gasteiger partial charge < -0.3 is 10.6 Å². The Labute approximate surface area is 87.5 Å². The molecule has 0 radical (unpaired) electrons. The van der Waals surface area contributed by atoms with E-state index >= 15 is 0 Å². The van der Waals surface area contributed by atoms with Gasteiger partial charge in [-0.3, -0.25) is 0 Å². The number of thiocarbonyl (C=S) groups is 1. The predicted molar refractivity (Wildman–Crippen MR) is 62.9 cm³/mol. The minimum Gasteiger partial charge on any atom is -0.363 e. The summed E-state index contributed by atoms with van der Waals surface area (Å²) in [5.41, 5.74) is 0. The lowest BCUT2D eigenvalue weighted by atomic mass is 10.0. The zero-order chi connectivity index (χ0) is 10.3. The highest BCUT2D eigenvalue weighted by Gasteiger charge is 2.04. The van der Waals surface area contributed by atoms with Crippen LogP contribution in [-0.2, 0) is 0 Å². The van der Waals surface area contributed by atoms with Crippen LogP contribution in [0.5, 0.6) is 0 Å². The molecule has 0 saturated heterocycles. The summed E-state index contributed by atoms with van der Waals surface area (Å²) >= 11 is 5.09. The van der Waals surface area contributed by atoms with E-state index in [1.54, 1.807) is 0 Å². The van der Waals surface area contributed by atoms with Crippen LogP contribution in [-0.4, -0.2) is 17.7 Å². The molecule has 0 saturated carbocycles. The Kier molecular flexibility index (Phi) is 6.96. The Morgan fingerprint density at radius 1 is 1.23 bits per heavy atom. The van der Waals surface area contributed by atoms with Crippen LogP contribution < -0.4 is 10.6 Å². The van der Waals surface area contributed by atoms with Gasteiger partial charge in [-0.15, -0.1) is 0 Å². The standard InChI is InChI=1S/C10H22N2S/c1-5-11-10(13)12-9(4)7-6-8(2)3/h8-9H,5-7H2,1-4H3,(H2,11,12,13). The van der Waals surface area contributed by atoms with Crippen LogP contribution in [0.2, 0.25) is 0 Å². The molecule has 1 unspecified atom stereocenters. The van der Waals surface area contributed by atoms with Gasteiger partial charge in [0.2, 0.25) is 0 Å². The molecule has 0 spiro atoms. The number of nitrogens with one attached hydrogen (secondary N) is 2. The van der Waals surface area contributed by atoms with Crippen molar-refractivity contribution in [3.8, 4) is 0 Å². The average Bonchev–Trinajstić information content (AvgIpc) is 2.01. The lowest BCUT2D eigenvalue weighted by Gasteiger charge is -2.17. The zero-order valence-electron chi connectivity index (χ0n) is 9.18. The van der Waals surface area contributed by atoms with Crippen molar-refractivity contribution in [1.29, 1.82) is 0 Å². The maximum absolute atomic E-state index is 5.09. The maximum Gasteiger partial charge on any atom is 0.166 e. The summed E-state index contributed by atoms with van der Waals surface area (Å²) in [6.45, 7) is 9.60. The van der Waals surface area contributed by atoms with Crippen LogP contribution >= 0.6 is 12.2 Å². The molecule has 0 bridgehead atoms. The Balaban J connectivity index is 3.49. The van der Waals surface area contributed by atoms with Crippen molar-refractivity contribution in [2.75, 3.05) is 6.54 Å². The third kappa shape index (κ3) is 8.03. The van der Waals surface area contributed by atoms with Gasteiger partial charge in [0.15, 0.2) is 5.11 Å². The topological polar surface area (TPSA) is 24.1 Å². The molecule has 0 rings (SSSR count). The Bertz CT molecular complexity index is 146. The van der Waals surface area contributed by atoms with Crippen molar-refractivity contribution in [2.24, 2.45) is 5.92 Å². The zero-order valence-corrected chi connectivity index (χ0v) is 10.0. The Hall–Kier alpha value is -0.310. The van der Waals surface area contributed by atoms with E-state index in [1.165, 1.54) is 12.8 Å². The third-order valence-corrected chi connectivity index (χ3v) is 2.15. The minimum absolute atomic E-state index is 0.481. The van der Waals surface area contributed by atoms with Crippen LogP contribution in [0.3, 0.4) is 0 Å². The molecule has 0 aliphatic rings. The van der Waals surface area contributed by atoms with E-state index in [-0.39, 0.29) is 0 Å². The lowest BCUT2D eigenvalue weighted by Crippen LogP contribution is -2.40. The molecule has 0 fully saturated rings. The van der Waals surface area contributed by atoms with E-state index in [0.717, 1.165) is 17.6 Å². The summed E-state index contributed by atoms with van der Waals surface area (Å²) in [7, 11) is 0. The first-order valence-electron chi connectivity index (χ1n) is 5.10. The molecule has 0 aromatic carbocycles. The van der Waals surface area contributed by atoms with Gasteiger partial charge in [0.05, 0.1) is 0 Å². The lowest BCUT2D eigenvalue weighted by molar-refractivity contribution is 0.491. The molecule has 1 atom stereocenters. The van der Waals surface area contributed by atoms with Crippen molar-refractivity contribution in [3.63, 3.8) is 0 Å².